The van der Waals surface area contributed by atoms with E-state index >= 15 is 4.39 Å². The first kappa shape index (κ1) is 18.7. The van der Waals surface area contributed by atoms with Crippen LogP contribution in [0.5, 0.6) is 0 Å². The smallest absolute Gasteiger partial charge is 0.344 e. The van der Waals surface area contributed by atoms with Crippen molar-refractivity contribution in [2.45, 2.75) is 43.5 Å². The summed E-state index contributed by atoms with van der Waals surface area (Å²) < 4.78 is 61.7. The lowest BCUT2D eigenvalue weighted by Gasteiger charge is -2.33. The summed E-state index contributed by atoms with van der Waals surface area (Å²) in [6.45, 7) is 2.75. The maximum Gasteiger partial charge on any atom is 0.475 e. The van der Waals surface area contributed by atoms with Crippen LogP contribution in [-0.2, 0) is 22.9 Å². The van der Waals surface area contributed by atoms with Crippen LogP contribution in [0, 0.1) is 5.82 Å². The molecule has 0 spiro atoms. The molecule has 9 nitrogen and oxygen atoms in total. The average Bonchev–Trinajstić information content (AvgIpc) is 2.73. The van der Waals surface area contributed by atoms with E-state index in [1.165, 1.54) is 0 Å². The van der Waals surface area contributed by atoms with Crippen LogP contribution < -0.4 is 11.2 Å². The fourth-order valence-corrected chi connectivity index (χ4v) is 4.50. The number of nitrogens with zero attached hydrogens (tertiary/aromatic N) is 1. The number of alkyl halides is 2. The zero-order chi connectivity index (χ0) is 18.6. The third-order valence-electron chi connectivity index (χ3n) is 3.51. The molecule has 2 fully saturated rings. The van der Waals surface area contributed by atoms with Crippen molar-refractivity contribution in [1.29, 1.82) is 0 Å². The van der Waals surface area contributed by atoms with Gasteiger partial charge in [0.05, 0.1) is 18.9 Å². The molecule has 0 aliphatic carbocycles. The molecule has 0 saturated carbocycles. The quantitative estimate of drug-likeness (QED) is 0.601. The van der Waals surface area contributed by atoms with E-state index in [9.17, 15) is 18.5 Å². The van der Waals surface area contributed by atoms with E-state index < -0.39 is 54.6 Å². The van der Waals surface area contributed by atoms with Crippen molar-refractivity contribution in [2.75, 3.05) is 6.61 Å². The van der Waals surface area contributed by atoms with Crippen molar-refractivity contribution < 1.29 is 31.7 Å². The Balaban J connectivity index is 1.94. The van der Waals surface area contributed by atoms with Gasteiger partial charge in [0.2, 0.25) is 5.82 Å². The summed E-state index contributed by atoms with van der Waals surface area (Å²) in [5.74, 6) is -1.34. The topological polar surface area (TPSA) is 109 Å². The second kappa shape index (κ2) is 6.26. The van der Waals surface area contributed by atoms with E-state index in [1.807, 2.05) is 0 Å². The third-order valence-corrected chi connectivity index (χ3v) is 5.54. The number of phosphoric acid groups is 1. The highest BCUT2D eigenvalue weighted by molar-refractivity contribution is 7.48. The summed E-state index contributed by atoms with van der Waals surface area (Å²) in [6.07, 6.45) is -4.67. The highest BCUT2D eigenvalue weighted by atomic mass is 35.5. The fourth-order valence-electron chi connectivity index (χ4n) is 2.51. The summed E-state index contributed by atoms with van der Waals surface area (Å²) in [6, 6.07) is 0. The summed E-state index contributed by atoms with van der Waals surface area (Å²) >= 11 is 5.85. The maximum atomic E-state index is 15.1. The van der Waals surface area contributed by atoms with E-state index in [4.69, 9.17) is 29.9 Å². The third kappa shape index (κ3) is 3.32. The molecule has 2 saturated heterocycles. The molecular formula is C12H14ClF2N2O7P. The first-order valence-corrected chi connectivity index (χ1v) is 9.03. The normalized spacial score (nSPS) is 38.1. The maximum absolute atomic E-state index is 15.1. The molecule has 0 aromatic carbocycles. The number of H-pyrrole nitrogens is 1. The van der Waals surface area contributed by atoms with Gasteiger partial charge < -0.3 is 4.74 Å². The number of rotatable bonds is 3. The minimum Gasteiger partial charge on any atom is -0.344 e. The van der Waals surface area contributed by atoms with Gasteiger partial charge in [-0.3, -0.25) is 27.9 Å². The van der Waals surface area contributed by atoms with E-state index in [0.29, 0.717) is 10.8 Å². The Morgan fingerprint density at radius 1 is 1.52 bits per heavy atom. The van der Waals surface area contributed by atoms with E-state index in [2.05, 4.69) is 0 Å². The summed E-state index contributed by atoms with van der Waals surface area (Å²) in [4.78, 5) is 24.6. The monoisotopic (exact) mass is 402 g/mol. The van der Waals surface area contributed by atoms with Crippen LogP contribution in [0.4, 0.5) is 8.78 Å². The van der Waals surface area contributed by atoms with Gasteiger partial charge in [-0.1, -0.05) is 11.6 Å². The summed E-state index contributed by atoms with van der Waals surface area (Å²) in [5, 5.41) is -2.90. The number of nitrogens with one attached hydrogen (secondary N) is 1. The van der Waals surface area contributed by atoms with Gasteiger partial charge in [-0.25, -0.2) is 13.8 Å². The lowest BCUT2D eigenvalue weighted by Crippen LogP contribution is -2.45. The SMILES string of the molecule is CC(C)O[P@]1(=O)OC[C@H]2O[C@@H](n3cc(F)c(=O)[nH]c3=O)[C@](F)(Cl)[C@@H]2O1. The molecule has 0 amide bonds. The van der Waals surface area contributed by atoms with Gasteiger partial charge >= 0.3 is 13.5 Å². The van der Waals surface area contributed by atoms with Crippen LogP contribution in [-0.4, -0.2) is 39.6 Å². The second-order valence-electron chi connectivity index (χ2n) is 5.77. The Kier molecular flexibility index (Phi) is 4.68. The molecule has 0 bridgehead atoms. The minimum atomic E-state index is -4.09. The molecule has 13 heteroatoms. The van der Waals surface area contributed by atoms with Gasteiger partial charge in [-0.15, -0.1) is 0 Å². The van der Waals surface area contributed by atoms with Crippen LogP contribution in [0.3, 0.4) is 0 Å². The average molecular weight is 403 g/mol. The number of hydrogen-bond donors (Lipinski definition) is 1. The van der Waals surface area contributed by atoms with Gasteiger partial charge in [0.15, 0.2) is 12.3 Å². The largest absolute Gasteiger partial charge is 0.475 e. The van der Waals surface area contributed by atoms with Crippen molar-refractivity contribution in [1.82, 2.24) is 9.55 Å². The van der Waals surface area contributed by atoms with Crippen LogP contribution in [0.15, 0.2) is 15.8 Å². The molecule has 140 valence electrons. The van der Waals surface area contributed by atoms with Gasteiger partial charge in [-0.05, 0) is 13.8 Å². The van der Waals surface area contributed by atoms with E-state index in [1.54, 1.807) is 18.8 Å². The predicted octanol–water partition coefficient (Wildman–Crippen LogP) is 1.43. The lowest BCUT2D eigenvalue weighted by atomic mass is 10.1. The van der Waals surface area contributed by atoms with Crippen LogP contribution in [0.2, 0.25) is 0 Å². The Morgan fingerprint density at radius 3 is 2.84 bits per heavy atom. The first-order chi connectivity index (χ1) is 11.5. The molecule has 1 N–H and O–H groups in total. The lowest BCUT2D eigenvalue weighted by molar-refractivity contribution is -0.0750. The van der Waals surface area contributed by atoms with Crippen LogP contribution >= 0.6 is 19.4 Å². The highest BCUT2D eigenvalue weighted by Crippen LogP contribution is 2.60. The zero-order valence-corrected chi connectivity index (χ0v) is 14.6. The molecule has 2 aliphatic heterocycles. The summed E-state index contributed by atoms with van der Waals surface area (Å²) in [7, 11) is -4.09. The fraction of sp³-hybridized carbons (Fsp3) is 0.667. The van der Waals surface area contributed by atoms with E-state index in [-0.39, 0.29) is 6.61 Å². The molecule has 3 rings (SSSR count). The van der Waals surface area contributed by atoms with Crippen molar-refractivity contribution in [3.63, 3.8) is 0 Å². The molecule has 0 unspecified atom stereocenters. The van der Waals surface area contributed by atoms with Gasteiger partial charge in [0, 0.05) is 0 Å². The Bertz CT molecular complexity index is 841. The minimum absolute atomic E-state index is 0.385. The molecule has 5 atom stereocenters. The standard InChI is InChI=1S/C12H14ClF2N2O7P/c1-5(2)23-25(20)21-4-7-8(24-25)12(13,15)10(22-7)17-3-6(14)9(18)16-11(17)19/h3,5,7-8,10H,4H2,1-2H3,(H,16,18,19)/t7-,8-,10-,12+,25+/m1/s1. The molecule has 1 aromatic rings. The van der Waals surface area contributed by atoms with Gasteiger partial charge in [0.1, 0.15) is 6.10 Å². The number of aromatic amines is 1. The molecule has 1 aromatic heterocycles. The molecule has 2 aliphatic rings. The Hall–Kier alpha value is -1.10. The number of halogens is 3. The Morgan fingerprint density at radius 2 is 2.20 bits per heavy atom. The number of aromatic nitrogens is 2. The molecular weight excluding hydrogens is 389 g/mol. The van der Waals surface area contributed by atoms with Gasteiger partial charge in [0.25, 0.3) is 10.7 Å². The van der Waals surface area contributed by atoms with Crippen LogP contribution in [0.1, 0.15) is 20.1 Å². The molecule has 3 heterocycles. The molecule has 25 heavy (non-hydrogen) atoms. The van der Waals surface area contributed by atoms with E-state index in [0.717, 1.165) is 0 Å². The first-order valence-electron chi connectivity index (χ1n) is 7.19. The number of ether oxygens (including phenoxy) is 1. The predicted molar refractivity (Wildman–Crippen MR) is 79.5 cm³/mol. The van der Waals surface area contributed by atoms with Crippen molar-refractivity contribution in [3.05, 3.63) is 32.9 Å². The second-order valence-corrected chi connectivity index (χ2v) is 7.92. The number of fused-ring (bicyclic) bond motifs is 1. The number of hydrogen-bond acceptors (Lipinski definition) is 7. The highest BCUT2D eigenvalue weighted by Gasteiger charge is 2.63. The van der Waals surface area contributed by atoms with Crippen molar-refractivity contribution >= 4 is 19.4 Å². The van der Waals surface area contributed by atoms with Gasteiger partial charge in [-0.2, -0.15) is 4.39 Å². The van der Waals surface area contributed by atoms with Crippen molar-refractivity contribution in [3.8, 4) is 0 Å². The zero-order valence-electron chi connectivity index (χ0n) is 13.0. The number of phosphoric ester groups is 1. The Labute approximate surface area is 144 Å². The summed E-state index contributed by atoms with van der Waals surface area (Å²) in [5.41, 5.74) is -2.41. The van der Waals surface area contributed by atoms with Crippen LogP contribution in [0.25, 0.3) is 0 Å². The van der Waals surface area contributed by atoms with Crippen molar-refractivity contribution in [2.24, 2.45) is 0 Å². The molecule has 0 radical (unpaired) electrons.